The molecule has 0 aliphatic carbocycles. The molecule has 1 aromatic carbocycles. The second kappa shape index (κ2) is 5.43. The number of carbonyl (C=O) groups excluding carboxylic acids is 1. The van der Waals surface area contributed by atoms with E-state index >= 15 is 0 Å². The quantitative estimate of drug-likeness (QED) is 0.433. The molecule has 0 spiro atoms. The van der Waals surface area contributed by atoms with Gasteiger partial charge < -0.3 is 5.32 Å². The smallest absolute Gasteiger partial charge is 0.278 e. The molecule has 4 rings (SSSR count). The van der Waals surface area contributed by atoms with Gasteiger partial charge in [-0.2, -0.15) is 5.10 Å². The number of hydrogen-bond donors (Lipinski definition) is 2. The van der Waals surface area contributed by atoms with Gasteiger partial charge in [0.2, 0.25) is 0 Å². The van der Waals surface area contributed by atoms with E-state index in [1.54, 1.807) is 30.3 Å². The Labute approximate surface area is 139 Å². The molecule has 2 N–H and O–H groups in total. The van der Waals surface area contributed by atoms with Crippen LogP contribution < -0.4 is 5.32 Å². The van der Waals surface area contributed by atoms with Gasteiger partial charge in [-0.05, 0) is 29.7 Å². The fourth-order valence-electron chi connectivity index (χ4n) is 2.61. The van der Waals surface area contributed by atoms with E-state index in [1.807, 2.05) is 11.4 Å². The van der Waals surface area contributed by atoms with Gasteiger partial charge in [0.05, 0.1) is 27.4 Å². The largest absolute Gasteiger partial charge is 0.313 e. The lowest BCUT2D eigenvalue weighted by Crippen LogP contribution is -2.03. The van der Waals surface area contributed by atoms with Crippen molar-refractivity contribution in [2.75, 3.05) is 5.32 Å². The highest BCUT2D eigenvalue weighted by molar-refractivity contribution is 7.15. The van der Waals surface area contributed by atoms with E-state index in [1.165, 1.54) is 17.4 Å². The van der Waals surface area contributed by atoms with Crippen molar-refractivity contribution in [3.8, 4) is 11.3 Å². The number of rotatable bonds is 3. The highest BCUT2D eigenvalue weighted by atomic mass is 32.1. The molecular formula is C16H10N4O3S. The second-order valence-electron chi connectivity index (χ2n) is 5.16. The highest BCUT2D eigenvalue weighted by Crippen LogP contribution is 2.37. The van der Waals surface area contributed by atoms with Crippen molar-refractivity contribution in [1.82, 2.24) is 10.2 Å². The topological polar surface area (TPSA) is 101 Å². The van der Waals surface area contributed by atoms with Gasteiger partial charge in [-0.1, -0.05) is 12.1 Å². The molecule has 24 heavy (non-hydrogen) atoms. The fraction of sp³-hybridized carbons (Fsp3) is 0. The molecule has 0 saturated heterocycles. The number of nitrogens with one attached hydrogen (secondary N) is 2. The SMILES string of the molecule is O=C1Nc2sccc2C1=Cc1cc(-c2ccccc2[N+](=O)[O-])n[nH]1. The standard InChI is InChI=1S/C16H10N4O3S/c21-15-12(10-5-6-24-16(10)17-15)7-9-8-13(19-18-9)11-3-1-2-4-14(11)20(22)23/h1-8H,(H,17,21)(H,18,19). The van der Waals surface area contributed by atoms with E-state index in [9.17, 15) is 14.9 Å². The van der Waals surface area contributed by atoms with Crippen molar-refractivity contribution in [2.45, 2.75) is 0 Å². The Morgan fingerprint density at radius 1 is 1.21 bits per heavy atom. The summed E-state index contributed by atoms with van der Waals surface area (Å²) in [5.74, 6) is -0.168. The lowest BCUT2D eigenvalue weighted by atomic mass is 10.1. The minimum absolute atomic E-state index is 0.0121. The van der Waals surface area contributed by atoms with Crippen LogP contribution in [0.3, 0.4) is 0 Å². The Balaban J connectivity index is 1.74. The number of aromatic nitrogens is 2. The maximum Gasteiger partial charge on any atom is 0.278 e. The number of aromatic amines is 1. The third kappa shape index (κ3) is 2.29. The molecule has 7 nitrogen and oxygen atoms in total. The van der Waals surface area contributed by atoms with E-state index in [-0.39, 0.29) is 11.6 Å². The maximum atomic E-state index is 12.0. The molecule has 2 aromatic heterocycles. The van der Waals surface area contributed by atoms with Crippen LogP contribution in [0.5, 0.6) is 0 Å². The summed E-state index contributed by atoms with van der Waals surface area (Å²) in [5, 5.41) is 23.6. The number of nitro groups is 1. The van der Waals surface area contributed by atoms with Crippen molar-refractivity contribution in [3.05, 3.63) is 63.1 Å². The number of fused-ring (bicyclic) bond motifs is 1. The Hall–Kier alpha value is -3.26. The van der Waals surface area contributed by atoms with Gasteiger partial charge in [0, 0.05) is 11.6 Å². The summed E-state index contributed by atoms with van der Waals surface area (Å²) in [6, 6.07) is 9.97. The summed E-state index contributed by atoms with van der Waals surface area (Å²) in [6.45, 7) is 0. The number of anilines is 1. The monoisotopic (exact) mass is 338 g/mol. The summed E-state index contributed by atoms with van der Waals surface area (Å²) >= 11 is 1.46. The molecule has 1 amide bonds. The molecule has 0 fully saturated rings. The molecule has 0 radical (unpaired) electrons. The summed E-state index contributed by atoms with van der Waals surface area (Å²) in [5.41, 5.74) is 2.87. The van der Waals surface area contributed by atoms with Crippen molar-refractivity contribution in [3.63, 3.8) is 0 Å². The summed E-state index contributed by atoms with van der Waals surface area (Å²) < 4.78 is 0. The Bertz CT molecular complexity index is 1000. The predicted octanol–water partition coefficient (Wildman–Crippen LogP) is 3.54. The van der Waals surface area contributed by atoms with Crippen LogP contribution in [0.25, 0.3) is 22.9 Å². The van der Waals surface area contributed by atoms with Gasteiger partial charge >= 0.3 is 0 Å². The first-order valence-corrected chi connectivity index (χ1v) is 7.91. The normalized spacial score (nSPS) is 14.7. The van der Waals surface area contributed by atoms with Crippen LogP contribution in [-0.4, -0.2) is 21.0 Å². The lowest BCUT2D eigenvalue weighted by molar-refractivity contribution is -0.384. The molecule has 118 valence electrons. The number of carbonyl (C=O) groups is 1. The van der Waals surface area contributed by atoms with Crippen LogP contribution in [0.4, 0.5) is 10.7 Å². The molecule has 3 aromatic rings. The molecular weight excluding hydrogens is 328 g/mol. The van der Waals surface area contributed by atoms with Crippen molar-refractivity contribution in [2.24, 2.45) is 0 Å². The molecule has 0 bridgehead atoms. The van der Waals surface area contributed by atoms with Crippen molar-refractivity contribution >= 4 is 39.6 Å². The van der Waals surface area contributed by atoms with Crippen LogP contribution in [0.1, 0.15) is 11.3 Å². The van der Waals surface area contributed by atoms with Crippen LogP contribution in [-0.2, 0) is 4.79 Å². The van der Waals surface area contributed by atoms with E-state index < -0.39 is 4.92 Å². The fourth-order valence-corrected chi connectivity index (χ4v) is 3.40. The third-order valence-electron chi connectivity index (χ3n) is 3.70. The first-order chi connectivity index (χ1) is 11.6. The molecule has 1 aliphatic heterocycles. The lowest BCUT2D eigenvalue weighted by Gasteiger charge is -1.97. The van der Waals surface area contributed by atoms with Crippen molar-refractivity contribution < 1.29 is 9.72 Å². The summed E-state index contributed by atoms with van der Waals surface area (Å²) in [6.07, 6.45) is 1.69. The first kappa shape index (κ1) is 14.3. The zero-order chi connectivity index (χ0) is 16.7. The average molecular weight is 338 g/mol. The Morgan fingerprint density at radius 3 is 2.88 bits per heavy atom. The van der Waals surface area contributed by atoms with Gasteiger partial charge in [-0.15, -0.1) is 11.3 Å². The van der Waals surface area contributed by atoms with Crippen LogP contribution >= 0.6 is 11.3 Å². The highest BCUT2D eigenvalue weighted by Gasteiger charge is 2.25. The number of amides is 1. The number of nitrogens with zero attached hydrogens (tertiary/aromatic N) is 2. The molecule has 3 heterocycles. The van der Waals surface area contributed by atoms with E-state index in [2.05, 4.69) is 15.5 Å². The zero-order valence-electron chi connectivity index (χ0n) is 12.1. The third-order valence-corrected chi connectivity index (χ3v) is 4.53. The molecule has 8 heteroatoms. The second-order valence-corrected chi connectivity index (χ2v) is 6.07. The average Bonchev–Trinajstić information content (AvgIpc) is 3.26. The minimum Gasteiger partial charge on any atom is -0.313 e. The van der Waals surface area contributed by atoms with E-state index in [0.717, 1.165) is 10.6 Å². The van der Waals surface area contributed by atoms with Gasteiger partial charge in [0.25, 0.3) is 11.6 Å². The Morgan fingerprint density at radius 2 is 2.04 bits per heavy atom. The van der Waals surface area contributed by atoms with E-state index in [0.29, 0.717) is 22.5 Å². The number of thiophene rings is 1. The number of hydrogen-bond acceptors (Lipinski definition) is 5. The first-order valence-electron chi connectivity index (χ1n) is 7.03. The summed E-state index contributed by atoms with van der Waals surface area (Å²) in [4.78, 5) is 22.7. The van der Waals surface area contributed by atoms with Crippen LogP contribution in [0.15, 0.2) is 41.8 Å². The van der Waals surface area contributed by atoms with Gasteiger partial charge in [0.15, 0.2) is 0 Å². The van der Waals surface area contributed by atoms with Gasteiger partial charge in [0.1, 0.15) is 5.00 Å². The van der Waals surface area contributed by atoms with Gasteiger partial charge in [-0.3, -0.25) is 20.0 Å². The summed E-state index contributed by atoms with van der Waals surface area (Å²) in [7, 11) is 0. The van der Waals surface area contributed by atoms with Crippen LogP contribution in [0.2, 0.25) is 0 Å². The number of H-pyrrole nitrogens is 1. The molecule has 0 atom stereocenters. The molecule has 1 aliphatic rings. The maximum absolute atomic E-state index is 12.0. The predicted molar refractivity (Wildman–Crippen MR) is 91.5 cm³/mol. The number of nitro benzene ring substituents is 1. The van der Waals surface area contributed by atoms with E-state index in [4.69, 9.17) is 0 Å². The van der Waals surface area contributed by atoms with Crippen molar-refractivity contribution in [1.29, 1.82) is 0 Å². The minimum atomic E-state index is -0.440. The van der Waals surface area contributed by atoms with Gasteiger partial charge in [-0.25, -0.2) is 0 Å². The number of para-hydroxylation sites is 1. The molecule has 0 unspecified atom stereocenters. The number of benzene rings is 1. The van der Waals surface area contributed by atoms with Crippen LogP contribution in [0, 0.1) is 10.1 Å². The Kier molecular flexibility index (Phi) is 3.24. The molecule has 0 saturated carbocycles. The zero-order valence-corrected chi connectivity index (χ0v) is 13.0.